The Labute approximate surface area is 449 Å². The quantitative estimate of drug-likeness (QED) is 0.0232. The van der Waals surface area contributed by atoms with Gasteiger partial charge < -0.3 is 39.9 Å². The van der Waals surface area contributed by atoms with Crippen molar-refractivity contribution in [1.29, 1.82) is 0 Å². The Morgan fingerprint density at radius 1 is 0.618 bits per heavy atom. The van der Waals surface area contributed by atoms with Gasteiger partial charge in [-0.2, -0.15) is 9.29 Å². The number of aliphatic hydroxyl groups excluding tert-OH is 2. The molecule has 2 rings (SSSR count). The van der Waals surface area contributed by atoms with Gasteiger partial charge in [0.05, 0.1) is 13.2 Å². The van der Waals surface area contributed by atoms with Gasteiger partial charge in [0.25, 0.3) is 0 Å². The number of esters is 2. The number of hydrogen-bond acceptors (Lipinski definition) is 15. The van der Waals surface area contributed by atoms with E-state index in [1.165, 1.54) is 6.07 Å². The van der Waals surface area contributed by atoms with E-state index in [4.69, 9.17) is 29.0 Å². The SMILES string of the molecule is CC/C=C\C/C=C\C/C=C\C/C=C\C/C=C\C/C=C\CCC(=O)OC[C@H](COP(=O)(O)OP(=O)(O)OC[C@H]1O[C@@H](n2ccc(N)nc2=O)C(O)[C@H]1O)OC(=O)CC/C=C\C/C=C\C/C=C\C/C=C\C/C=C\C/C=C\CC. The maximum Gasteiger partial charge on any atom is 0.481 e. The first-order chi connectivity index (χ1) is 36.7. The molecule has 3 unspecified atom stereocenters. The van der Waals surface area contributed by atoms with Gasteiger partial charge in [0.15, 0.2) is 12.3 Å². The van der Waals surface area contributed by atoms with Crippen LogP contribution in [-0.2, 0) is 46.3 Å². The maximum absolute atomic E-state index is 12.9. The summed E-state index contributed by atoms with van der Waals surface area (Å²) in [7, 11) is -10.9. The topological polar surface area (TPSA) is 265 Å². The standard InChI is InChI=1S/C56H81N3O15P2/c1-3-5-7-9-11-13-15-17-19-21-23-25-27-29-31-33-35-37-39-41-51(60)69-45-48(72-52(61)42-40-38-36-34-32-30-28-26-24-22-20-18-16-14-12-10-8-6-4-2)46-70-75(65,66)74-76(67,68)71-47-49-53(62)54(63)55(73-49)59-44-43-50(57)58-56(59)64/h5-8,11-14,17-20,23-26,29-32,35-38,43-44,48-49,53-55,62-63H,3-4,9-10,15-16,21-22,27-28,33-34,39-42,45-47H2,1-2H3,(H,65,66)(H,67,68)(H2,57,58,64)/b7-5-,8-6-,13-11-,14-12-,19-17-,20-18-,25-23-,26-24-,31-29-,32-30-,37-35-,38-36-/t48-,49-,53+,54?,55-/m1/s1. The van der Waals surface area contributed by atoms with Gasteiger partial charge in [-0.05, 0) is 96.0 Å². The molecule has 420 valence electrons. The minimum Gasteiger partial charge on any atom is -0.462 e. The van der Waals surface area contributed by atoms with Crippen molar-refractivity contribution in [2.24, 2.45) is 0 Å². The molecule has 0 aromatic carbocycles. The molecule has 1 fully saturated rings. The van der Waals surface area contributed by atoms with Crippen LogP contribution in [0.25, 0.3) is 0 Å². The number of carbonyl (C=O) groups excluding carboxylic acids is 2. The van der Waals surface area contributed by atoms with E-state index in [0.29, 0.717) is 25.7 Å². The van der Waals surface area contributed by atoms with Gasteiger partial charge >= 0.3 is 33.3 Å². The number of nitrogen functional groups attached to an aromatic ring is 1. The number of nitrogens with zero attached hydrogens (tertiary/aromatic N) is 2. The molecule has 0 amide bonds. The predicted octanol–water partition coefficient (Wildman–Crippen LogP) is 11.1. The number of rotatable bonds is 40. The number of carbonyl (C=O) groups is 2. The largest absolute Gasteiger partial charge is 0.481 e. The fourth-order valence-corrected chi connectivity index (χ4v) is 8.65. The Kier molecular flexibility index (Phi) is 36.7. The van der Waals surface area contributed by atoms with Crippen LogP contribution in [0.3, 0.4) is 0 Å². The van der Waals surface area contributed by atoms with Crippen LogP contribution in [0.2, 0.25) is 0 Å². The van der Waals surface area contributed by atoms with Crippen molar-refractivity contribution in [3.8, 4) is 0 Å². The third-order valence-electron chi connectivity index (χ3n) is 10.4. The lowest BCUT2D eigenvalue weighted by molar-refractivity contribution is -0.161. The molecule has 2 heterocycles. The number of ether oxygens (including phenoxy) is 3. The summed E-state index contributed by atoms with van der Waals surface area (Å²) in [6, 6.07) is 1.24. The summed E-state index contributed by atoms with van der Waals surface area (Å²) < 4.78 is 56.6. The Balaban J connectivity index is 1.87. The minimum atomic E-state index is -5.47. The van der Waals surface area contributed by atoms with Crippen LogP contribution < -0.4 is 11.4 Å². The Morgan fingerprint density at radius 2 is 1.01 bits per heavy atom. The molecule has 1 saturated heterocycles. The van der Waals surface area contributed by atoms with Crippen LogP contribution in [0.4, 0.5) is 5.82 Å². The molecule has 6 N–H and O–H groups in total. The Bertz CT molecular complexity index is 2350. The molecular weight excluding hydrogens is 1020 g/mol. The second kappa shape index (κ2) is 41.8. The van der Waals surface area contributed by atoms with Crippen LogP contribution >= 0.6 is 15.6 Å². The fraction of sp³-hybridized carbons (Fsp3) is 0.464. The van der Waals surface area contributed by atoms with Gasteiger partial charge in [-0.1, -0.05) is 160 Å². The maximum atomic E-state index is 12.9. The van der Waals surface area contributed by atoms with Gasteiger partial charge in [0.1, 0.15) is 30.7 Å². The van der Waals surface area contributed by atoms with E-state index in [2.05, 4.69) is 120 Å². The molecule has 18 nitrogen and oxygen atoms in total. The molecule has 0 bridgehead atoms. The van der Waals surface area contributed by atoms with Crippen LogP contribution in [0, 0.1) is 0 Å². The highest BCUT2D eigenvalue weighted by Crippen LogP contribution is 2.60. The van der Waals surface area contributed by atoms with Gasteiger partial charge in [-0.3, -0.25) is 23.2 Å². The Morgan fingerprint density at radius 3 is 1.43 bits per heavy atom. The van der Waals surface area contributed by atoms with Crippen LogP contribution in [0.5, 0.6) is 0 Å². The normalized spacial score (nSPS) is 19.9. The molecule has 0 saturated carbocycles. The number of anilines is 1. The zero-order valence-electron chi connectivity index (χ0n) is 44.0. The summed E-state index contributed by atoms with van der Waals surface area (Å²) in [5.74, 6) is -1.52. The third-order valence-corrected chi connectivity index (χ3v) is 13.0. The van der Waals surface area contributed by atoms with Crippen molar-refractivity contribution in [3.05, 3.63) is 169 Å². The molecular formula is C56H81N3O15P2. The highest BCUT2D eigenvalue weighted by molar-refractivity contribution is 7.61. The van der Waals surface area contributed by atoms with E-state index in [-0.39, 0.29) is 18.7 Å². The second-order valence-electron chi connectivity index (χ2n) is 16.9. The zero-order chi connectivity index (χ0) is 55.5. The molecule has 1 aromatic rings. The highest BCUT2D eigenvalue weighted by atomic mass is 31.3. The monoisotopic (exact) mass is 1100 g/mol. The average molecular weight is 1100 g/mol. The molecule has 0 radical (unpaired) electrons. The van der Waals surface area contributed by atoms with E-state index in [9.17, 15) is 43.5 Å². The molecule has 0 aliphatic carbocycles. The van der Waals surface area contributed by atoms with Gasteiger partial charge in [-0.15, -0.1) is 0 Å². The first-order valence-electron chi connectivity index (χ1n) is 25.8. The van der Waals surface area contributed by atoms with Crippen LogP contribution in [0.15, 0.2) is 163 Å². The first kappa shape index (κ1) is 66.8. The van der Waals surface area contributed by atoms with Gasteiger partial charge in [-0.25, -0.2) is 13.9 Å². The second-order valence-corrected chi connectivity index (χ2v) is 19.9. The number of allylic oxidation sites excluding steroid dienone is 24. The van der Waals surface area contributed by atoms with E-state index in [0.717, 1.165) is 75.0 Å². The average Bonchev–Trinajstić information content (AvgIpc) is 3.66. The van der Waals surface area contributed by atoms with Crippen molar-refractivity contribution in [2.75, 3.05) is 25.6 Å². The number of hydrogen-bond donors (Lipinski definition) is 5. The zero-order valence-corrected chi connectivity index (χ0v) is 45.8. The lowest BCUT2D eigenvalue weighted by atomic mass is 10.1. The summed E-state index contributed by atoms with van der Waals surface area (Å²) in [6.07, 6.45) is 53.9. The number of aromatic nitrogens is 2. The van der Waals surface area contributed by atoms with Crippen molar-refractivity contribution in [2.45, 2.75) is 147 Å². The molecule has 7 atom stereocenters. The predicted molar refractivity (Wildman–Crippen MR) is 297 cm³/mol. The van der Waals surface area contributed by atoms with Crippen LogP contribution in [-0.4, -0.2) is 85.7 Å². The van der Waals surface area contributed by atoms with Gasteiger partial charge in [0.2, 0.25) is 0 Å². The number of phosphoric ester groups is 2. The van der Waals surface area contributed by atoms with Crippen LogP contribution in [0.1, 0.15) is 123 Å². The molecule has 1 aromatic heterocycles. The summed E-state index contributed by atoms with van der Waals surface area (Å²) in [5.41, 5.74) is 4.57. The molecule has 76 heavy (non-hydrogen) atoms. The molecule has 1 aliphatic heterocycles. The lowest BCUT2D eigenvalue weighted by Crippen LogP contribution is -2.36. The van der Waals surface area contributed by atoms with Gasteiger partial charge in [0, 0.05) is 19.0 Å². The van der Waals surface area contributed by atoms with E-state index in [1.54, 1.807) is 6.08 Å². The molecule has 1 aliphatic rings. The van der Waals surface area contributed by atoms with E-state index < -0.39 is 83.7 Å². The lowest BCUT2D eigenvalue weighted by Gasteiger charge is -2.21. The van der Waals surface area contributed by atoms with Crippen molar-refractivity contribution >= 4 is 33.4 Å². The van der Waals surface area contributed by atoms with Crippen molar-refractivity contribution in [3.63, 3.8) is 0 Å². The summed E-state index contributed by atoms with van der Waals surface area (Å²) in [6.45, 7) is 1.76. The Hall–Kier alpha value is -5.36. The fourth-order valence-electron chi connectivity index (χ4n) is 6.54. The molecule has 0 spiro atoms. The minimum absolute atomic E-state index is 0.0240. The molecule has 20 heteroatoms. The highest BCUT2D eigenvalue weighted by Gasteiger charge is 2.46. The third kappa shape index (κ3) is 33.6. The summed E-state index contributed by atoms with van der Waals surface area (Å²) in [4.78, 5) is 61.9. The van der Waals surface area contributed by atoms with Crippen molar-refractivity contribution in [1.82, 2.24) is 9.55 Å². The number of aliphatic hydroxyl groups is 2. The van der Waals surface area contributed by atoms with E-state index >= 15 is 0 Å². The summed E-state index contributed by atoms with van der Waals surface area (Å²) in [5, 5.41) is 20.9. The van der Waals surface area contributed by atoms with Crippen molar-refractivity contribution < 1.29 is 66.3 Å². The number of nitrogens with two attached hydrogens (primary N) is 1. The first-order valence-corrected chi connectivity index (χ1v) is 28.8. The smallest absolute Gasteiger partial charge is 0.462 e. The number of phosphoric acid groups is 2. The summed E-state index contributed by atoms with van der Waals surface area (Å²) >= 11 is 0. The van der Waals surface area contributed by atoms with E-state index in [1.807, 2.05) is 42.5 Å².